The van der Waals surface area contributed by atoms with Crippen molar-refractivity contribution >= 4 is 28.8 Å². The van der Waals surface area contributed by atoms with Crippen molar-refractivity contribution in [1.82, 2.24) is 4.90 Å². The molecule has 7 nitrogen and oxygen atoms in total. The molecule has 0 unspecified atom stereocenters. The highest BCUT2D eigenvalue weighted by atomic mass is 16.5. The summed E-state index contributed by atoms with van der Waals surface area (Å²) in [5.41, 5.74) is 3.12. The van der Waals surface area contributed by atoms with Gasteiger partial charge >= 0.3 is 0 Å². The van der Waals surface area contributed by atoms with Crippen LogP contribution < -0.4 is 15.0 Å². The van der Waals surface area contributed by atoms with E-state index >= 15 is 0 Å². The number of anilines is 2. The summed E-state index contributed by atoms with van der Waals surface area (Å²) in [6.07, 6.45) is 0.0220. The van der Waals surface area contributed by atoms with E-state index in [1.165, 1.54) is 4.90 Å². The maximum absolute atomic E-state index is 13.3. The first-order valence-electron chi connectivity index (χ1n) is 11.4. The number of hydrogen-bond acceptors (Lipinski definition) is 6. The van der Waals surface area contributed by atoms with Gasteiger partial charge in [-0.15, -0.1) is 0 Å². The lowest BCUT2D eigenvalue weighted by Gasteiger charge is -2.21. The summed E-state index contributed by atoms with van der Waals surface area (Å²) >= 11 is 0. The number of carbonyl (C=O) groups is 2. The molecule has 0 bridgehead atoms. The maximum atomic E-state index is 13.3. The van der Waals surface area contributed by atoms with Crippen LogP contribution in [0.3, 0.4) is 0 Å². The number of nitrogens with zero attached hydrogens (tertiary/aromatic N) is 2. The Labute approximate surface area is 196 Å². The molecule has 0 spiro atoms. The summed E-state index contributed by atoms with van der Waals surface area (Å²) in [7, 11) is 1.59. The summed E-state index contributed by atoms with van der Waals surface area (Å²) < 4.78 is 10.8. The zero-order valence-electron chi connectivity index (χ0n) is 20.1. The van der Waals surface area contributed by atoms with Gasteiger partial charge in [-0.25, -0.2) is 0 Å². The highest BCUT2D eigenvalue weighted by molar-refractivity contribution is 6.36. The van der Waals surface area contributed by atoms with E-state index in [2.05, 4.69) is 24.1 Å². The number of ether oxygens (including phenoxy) is 2. The molecule has 3 rings (SSSR count). The van der Waals surface area contributed by atoms with Gasteiger partial charge in [0.15, 0.2) is 0 Å². The number of hydrogen-bond donors (Lipinski definition) is 1. The highest BCUT2D eigenvalue weighted by Crippen LogP contribution is 2.31. The van der Waals surface area contributed by atoms with Gasteiger partial charge in [-0.05, 0) is 69.7 Å². The Morgan fingerprint density at radius 3 is 2.12 bits per heavy atom. The molecule has 0 fully saturated rings. The standard InChI is InChI=1S/C26H33N3O4/c1-6-28(7-2)21-12-10-20(11-13-21)27-24-23(19-8-14-22(32-5)15-9-19)25(30)29(26(24)31)16-17-33-18(3)4/h8-15,18,27H,6-7,16-17H2,1-5H3. The van der Waals surface area contributed by atoms with E-state index in [4.69, 9.17) is 9.47 Å². The predicted molar refractivity (Wildman–Crippen MR) is 131 cm³/mol. The van der Waals surface area contributed by atoms with Gasteiger partial charge in [0.2, 0.25) is 0 Å². The minimum atomic E-state index is -0.356. The lowest BCUT2D eigenvalue weighted by molar-refractivity contribution is -0.137. The first kappa shape index (κ1) is 24.3. The molecular weight excluding hydrogens is 418 g/mol. The first-order valence-corrected chi connectivity index (χ1v) is 11.4. The van der Waals surface area contributed by atoms with Crippen molar-refractivity contribution < 1.29 is 19.1 Å². The van der Waals surface area contributed by atoms with Gasteiger partial charge < -0.3 is 19.7 Å². The molecule has 2 amide bonds. The van der Waals surface area contributed by atoms with E-state index < -0.39 is 0 Å². The second-order valence-electron chi connectivity index (χ2n) is 8.00. The van der Waals surface area contributed by atoms with E-state index in [0.717, 1.165) is 24.5 Å². The number of rotatable bonds is 11. The van der Waals surface area contributed by atoms with Crippen LogP contribution in [0.5, 0.6) is 5.75 Å². The van der Waals surface area contributed by atoms with E-state index in [1.54, 1.807) is 31.4 Å². The van der Waals surface area contributed by atoms with Crippen LogP contribution in [0.2, 0.25) is 0 Å². The van der Waals surface area contributed by atoms with Crippen molar-refractivity contribution in [1.29, 1.82) is 0 Å². The van der Waals surface area contributed by atoms with Gasteiger partial charge in [-0.2, -0.15) is 0 Å². The Hall–Kier alpha value is -3.32. The SMILES string of the molecule is CCN(CC)c1ccc(NC2=C(c3ccc(OC)cc3)C(=O)N(CCOC(C)C)C2=O)cc1. The van der Waals surface area contributed by atoms with Crippen molar-refractivity contribution in [2.75, 3.05) is 43.6 Å². The van der Waals surface area contributed by atoms with Crippen molar-refractivity contribution in [3.05, 3.63) is 59.8 Å². The van der Waals surface area contributed by atoms with E-state index in [0.29, 0.717) is 16.9 Å². The van der Waals surface area contributed by atoms with Crippen LogP contribution in [-0.4, -0.2) is 56.2 Å². The molecule has 176 valence electrons. The molecule has 0 aromatic heterocycles. The Bertz CT molecular complexity index is 993. The van der Waals surface area contributed by atoms with Crippen LogP contribution in [0.4, 0.5) is 11.4 Å². The van der Waals surface area contributed by atoms with Gasteiger partial charge in [0.25, 0.3) is 11.8 Å². The lowest BCUT2D eigenvalue weighted by Crippen LogP contribution is -2.35. The van der Waals surface area contributed by atoms with Crippen LogP contribution in [0.1, 0.15) is 33.3 Å². The van der Waals surface area contributed by atoms with E-state index in [1.807, 2.05) is 38.1 Å². The zero-order valence-corrected chi connectivity index (χ0v) is 20.1. The van der Waals surface area contributed by atoms with Gasteiger partial charge in [-0.3, -0.25) is 14.5 Å². The third kappa shape index (κ3) is 5.54. The Morgan fingerprint density at radius 1 is 0.939 bits per heavy atom. The highest BCUT2D eigenvalue weighted by Gasteiger charge is 2.39. The number of carbonyl (C=O) groups excluding carboxylic acids is 2. The smallest absolute Gasteiger partial charge is 0.278 e. The van der Waals surface area contributed by atoms with Gasteiger partial charge in [-0.1, -0.05) is 12.1 Å². The summed E-state index contributed by atoms with van der Waals surface area (Å²) in [6, 6.07) is 15.0. The summed E-state index contributed by atoms with van der Waals surface area (Å²) in [5, 5.41) is 3.21. The molecule has 7 heteroatoms. The van der Waals surface area contributed by atoms with Crippen LogP contribution >= 0.6 is 0 Å². The number of benzene rings is 2. The van der Waals surface area contributed by atoms with Gasteiger partial charge in [0.05, 0.1) is 31.9 Å². The van der Waals surface area contributed by atoms with Crippen LogP contribution in [-0.2, 0) is 14.3 Å². The molecule has 1 N–H and O–H groups in total. The van der Waals surface area contributed by atoms with Crippen molar-refractivity contribution in [2.45, 2.75) is 33.8 Å². The fourth-order valence-electron chi connectivity index (χ4n) is 3.79. The Morgan fingerprint density at radius 2 is 1.58 bits per heavy atom. The number of nitrogens with one attached hydrogen (secondary N) is 1. The molecule has 0 radical (unpaired) electrons. The largest absolute Gasteiger partial charge is 0.497 e. The maximum Gasteiger partial charge on any atom is 0.278 e. The second-order valence-corrected chi connectivity index (χ2v) is 8.00. The topological polar surface area (TPSA) is 71.1 Å². The molecule has 2 aromatic carbocycles. The molecule has 0 saturated carbocycles. The van der Waals surface area contributed by atoms with E-state index in [9.17, 15) is 9.59 Å². The fourth-order valence-corrected chi connectivity index (χ4v) is 3.79. The molecule has 33 heavy (non-hydrogen) atoms. The van der Waals surface area contributed by atoms with Crippen molar-refractivity contribution in [3.63, 3.8) is 0 Å². The van der Waals surface area contributed by atoms with Crippen LogP contribution in [0.25, 0.3) is 5.57 Å². The number of imide groups is 1. The molecule has 1 aliphatic rings. The molecular formula is C26H33N3O4. The quantitative estimate of drug-likeness (QED) is 0.518. The van der Waals surface area contributed by atoms with Gasteiger partial charge in [0.1, 0.15) is 11.4 Å². The number of amides is 2. The summed E-state index contributed by atoms with van der Waals surface area (Å²) in [5.74, 6) is -0.00871. The van der Waals surface area contributed by atoms with E-state index in [-0.39, 0.29) is 36.8 Å². The Kier molecular flexibility index (Phi) is 8.11. The normalized spacial score (nSPS) is 13.8. The van der Waals surface area contributed by atoms with Gasteiger partial charge in [0, 0.05) is 24.5 Å². The minimum absolute atomic E-state index is 0.0220. The summed E-state index contributed by atoms with van der Waals surface area (Å²) in [4.78, 5) is 30.0. The lowest BCUT2D eigenvalue weighted by atomic mass is 10.0. The molecule has 1 heterocycles. The average Bonchev–Trinajstić information content (AvgIpc) is 3.05. The fraction of sp³-hybridized carbons (Fsp3) is 0.385. The number of methoxy groups -OCH3 is 1. The van der Waals surface area contributed by atoms with Crippen LogP contribution in [0, 0.1) is 0 Å². The molecule has 0 atom stereocenters. The first-order chi connectivity index (χ1) is 15.9. The summed E-state index contributed by atoms with van der Waals surface area (Å²) in [6.45, 7) is 10.4. The molecule has 0 aliphatic carbocycles. The average molecular weight is 452 g/mol. The second kappa shape index (κ2) is 11.0. The van der Waals surface area contributed by atoms with Crippen molar-refractivity contribution in [3.8, 4) is 5.75 Å². The monoisotopic (exact) mass is 451 g/mol. The molecule has 1 aliphatic heterocycles. The van der Waals surface area contributed by atoms with Crippen molar-refractivity contribution in [2.24, 2.45) is 0 Å². The zero-order chi connectivity index (χ0) is 24.0. The molecule has 2 aromatic rings. The van der Waals surface area contributed by atoms with Crippen LogP contribution in [0.15, 0.2) is 54.2 Å². The predicted octanol–water partition coefficient (Wildman–Crippen LogP) is 4.16. The molecule has 0 saturated heterocycles. The third-order valence-electron chi connectivity index (χ3n) is 5.58. The third-order valence-corrected chi connectivity index (χ3v) is 5.58. The Balaban J connectivity index is 1.92. The minimum Gasteiger partial charge on any atom is -0.497 e.